The minimum Gasteiger partial charge on any atom is -0.335 e. The van der Waals surface area contributed by atoms with Crippen LogP contribution in [0.15, 0.2) is 35.7 Å². The number of nitrogens with one attached hydrogen (secondary N) is 1. The van der Waals surface area contributed by atoms with Crippen LogP contribution in [0.2, 0.25) is 0 Å². The second kappa shape index (κ2) is 4.68. The summed E-state index contributed by atoms with van der Waals surface area (Å²) < 4.78 is 39.2. The van der Waals surface area contributed by atoms with Gasteiger partial charge in [0.15, 0.2) is 0 Å². The van der Waals surface area contributed by atoms with Crippen LogP contribution in [0.3, 0.4) is 0 Å². The lowest BCUT2D eigenvalue weighted by molar-refractivity contribution is -0.144. The number of fused-ring (bicyclic) bond motifs is 1. The predicted molar refractivity (Wildman–Crippen MR) is 75.2 cm³/mol. The van der Waals surface area contributed by atoms with Crippen LogP contribution in [0.5, 0.6) is 0 Å². The maximum atomic E-state index is 12.8. The van der Waals surface area contributed by atoms with Crippen molar-refractivity contribution in [3.05, 3.63) is 46.2 Å². The number of alkyl halides is 3. The van der Waals surface area contributed by atoms with Gasteiger partial charge in [-0.25, -0.2) is 4.98 Å². The van der Waals surface area contributed by atoms with E-state index in [4.69, 9.17) is 12.2 Å². The van der Waals surface area contributed by atoms with E-state index in [1.165, 1.54) is 17.4 Å². The van der Waals surface area contributed by atoms with Crippen LogP contribution in [-0.4, -0.2) is 9.97 Å². The zero-order valence-electron chi connectivity index (χ0n) is 9.86. The molecule has 0 radical (unpaired) electrons. The van der Waals surface area contributed by atoms with Gasteiger partial charge in [-0.15, -0.1) is 11.3 Å². The summed E-state index contributed by atoms with van der Waals surface area (Å²) in [7, 11) is 0. The van der Waals surface area contributed by atoms with E-state index < -0.39 is 12.0 Å². The first-order valence-corrected chi connectivity index (χ1v) is 6.89. The molecule has 0 aliphatic heterocycles. The molecule has 0 unspecified atom stereocenters. The lowest BCUT2D eigenvalue weighted by atomic mass is 10.1. The van der Waals surface area contributed by atoms with E-state index in [0.717, 1.165) is 10.1 Å². The highest BCUT2D eigenvalue weighted by molar-refractivity contribution is 7.71. The number of hydrogen-bond acceptors (Lipinski definition) is 3. The molecule has 102 valence electrons. The molecule has 20 heavy (non-hydrogen) atoms. The third kappa shape index (κ3) is 2.34. The molecule has 0 saturated heterocycles. The van der Waals surface area contributed by atoms with Crippen molar-refractivity contribution < 1.29 is 13.2 Å². The van der Waals surface area contributed by atoms with E-state index in [2.05, 4.69) is 9.97 Å². The molecule has 0 fully saturated rings. The molecule has 1 N–H and O–H groups in total. The van der Waals surface area contributed by atoms with Gasteiger partial charge in [0.25, 0.3) is 0 Å². The van der Waals surface area contributed by atoms with Gasteiger partial charge in [0, 0.05) is 10.3 Å². The average Bonchev–Trinajstić information content (AvgIpc) is 2.84. The molecular weight excluding hydrogens is 305 g/mol. The second-order valence-electron chi connectivity index (χ2n) is 4.12. The van der Waals surface area contributed by atoms with Gasteiger partial charge in [0.2, 0.25) is 5.82 Å². The van der Waals surface area contributed by atoms with Crippen molar-refractivity contribution in [3.8, 4) is 11.3 Å². The molecule has 1 aromatic carbocycles. The largest absolute Gasteiger partial charge is 0.449 e. The van der Waals surface area contributed by atoms with Crippen molar-refractivity contribution in [2.45, 2.75) is 6.18 Å². The SMILES string of the molecule is FC(F)(F)c1nc(=S)cc(-c2cccc3ccsc23)[nH]1. The van der Waals surface area contributed by atoms with Crippen LogP contribution in [0.1, 0.15) is 5.82 Å². The Morgan fingerprint density at radius 1 is 1.20 bits per heavy atom. The monoisotopic (exact) mass is 312 g/mol. The van der Waals surface area contributed by atoms with Crippen molar-refractivity contribution in [2.24, 2.45) is 0 Å². The number of H-pyrrole nitrogens is 1. The van der Waals surface area contributed by atoms with Crippen LogP contribution in [0.25, 0.3) is 21.3 Å². The van der Waals surface area contributed by atoms with Crippen molar-refractivity contribution in [2.75, 3.05) is 0 Å². The topological polar surface area (TPSA) is 28.7 Å². The van der Waals surface area contributed by atoms with Gasteiger partial charge >= 0.3 is 6.18 Å². The first-order valence-electron chi connectivity index (χ1n) is 5.60. The Hall–Kier alpha value is -1.73. The van der Waals surface area contributed by atoms with E-state index in [9.17, 15) is 13.2 Å². The molecule has 3 rings (SSSR count). The van der Waals surface area contributed by atoms with Crippen LogP contribution >= 0.6 is 23.6 Å². The summed E-state index contributed by atoms with van der Waals surface area (Å²) in [4.78, 5) is 5.66. The zero-order chi connectivity index (χ0) is 14.3. The van der Waals surface area contributed by atoms with Gasteiger partial charge in [-0.2, -0.15) is 13.2 Å². The molecule has 0 aliphatic rings. The highest BCUT2D eigenvalue weighted by Crippen LogP contribution is 2.33. The molecule has 0 spiro atoms. The Kier molecular flexibility index (Phi) is 3.10. The van der Waals surface area contributed by atoms with E-state index in [0.29, 0.717) is 11.3 Å². The highest BCUT2D eigenvalue weighted by Gasteiger charge is 2.34. The van der Waals surface area contributed by atoms with Crippen molar-refractivity contribution in [3.63, 3.8) is 0 Å². The summed E-state index contributed by atoms with van der Waals surface area (Å²) in [5, 5.41) is 2.88. The highest BCUT2D eigenvalue weighted by atomic mass is 32.1. The van der Waals surface area contributed by atoms with Gasteiger partial charge in [-0.3, -0.25) is 0 Å². The molecule has 2 aromatic heterocycles. The summed E-state index contributed by atoms with van der Waals surface area (Å²) >= 11 is 6.30. The molecule has 3 aromatic rings. The normalized spacial score (nSPS) is 11.9. The van der Waals surface area contributed by atoms with Crippen LogP contribution < -0.4 is 0 Å². The van der Waals surface area contributed by atoms with Crippen molar-refractivity contribution >= 4 is 33.6 Å². The Balaban J connectivity index is 2.27. The molecule has 0 atom stereocenters. The van der Waals surface area contributed by atoms with E-state index in [1.54, 1.807) is 12.1 Å². The molecular formula is C13H7F3N2S2. The second-order valence-corrected chi connectivity index (χ2v) is 5.46. The number of hydrogen-bond donors (Lipinski definition) is 1. The molecule has 0 amide bonds. The summed E-state index contributed by atoms with van der Waals surface area (Å²) in [6.45, 7) is 0. The van der Waals surface area contributed by atoms with Crippen molar-refractivity contribution in [1.29, 1.82) is 0 Å². The van der Waals surface area contributed by atoms with Gasteiger partial charge < -0.3 is 4.98 Å². The Morgan fingerprint density at radius 3 is 2.75 bits per heavy atom. The third-order valence-electron chi connectivity index (χ3n) is 2.78. The summed E-state index contributed by atoms with van der Waals surface area (Å²) in [5.74, 6) is -1.08. The molecule has 0 bridgehead atoms. The fraction of sp³-hybridized carbons (Fsp3) is 0.0769. The van der Waals surface area contributed by atoms with E-state index >= 15 is 0 Å². The maximum absolute atomic E-state index is 12.8. The van der Waals surface area contributed by atoms with Gasteiger partial charge in [0.1, 0.15) is 4.64 Å². The number of benzene rings is 1. The van der Waals surface area contributed by atoms with Crippen LogP contribution in [-0.2, 0) is 6.18 Å². The van der Waals surface area contributed by atoms with Crippen molar-refractivity contribution in [1.82, 2.24) is 9.97 Å². The van der Waals surface area contributed by atoms with Crippen LogP contribution in [0.4, 0.5) is 13.2 Å². The lowest BCUT2D eigenvalue weighted by Gasteiger charge is -2.09. The Labute approximate surface area is 120 Å². The summed E-state index contributed by atoms with van der Waals surface area (Å²) in [6, 6.07) is 8.84. The first kappa shape index (κ1) is 13.3. The van der Waals surface area contributed by atoms with Gasteiger partial charge in [-0.05, 0) is 22.9 Å². The number of aromatic nitrogens is 2. The molecule has 0 saturated carbocycles. The van der Waals surface area contributed by atoms with E-state index in [-0.39, 0.29) is 4.64 Å². The molecule has 7 heteroatoms. The quantitative estimate of drug-likeness (QED) is 0.638. The first-order chi connectivity index (χ1) is 9.45. The van der Waals surface area contributed by atoms with Gasteiger partial charge in [-0.1, -0.05) is 30.4 Å². The fourth-order valence-corrected chi connectivity index (χ4v) is 3.08. The smallest absolute Gasteiger partial charge is 0.335 e. The minimum atomic E-state index is -4.55. The average molecular weight is 312 g/mol. The van der Waals surface area contributed by atoms with Crippen LogP contribution in [0, 0.1) is 4.64 Å². The Bertz CT molecular complexity index is 833. The van der Waals surface area contributed by atoms with Gasteiger partial charge in [0.05, 0.1) is 5.69 Å². The predicted octanol–water partition coefficient (Wildman–Crippen LogP) is 5.04. The maximum Gasteiger partial charge on any atom is 0.449 e. The zero-order valence-corrected chi connectivity index (χ0v) is 11.5. The summed E-state index contributed by atoms with van der Waals surface area (Å²) in [5.41, 5.74) is 1.02. The molecule has 2 heterocycles. The van der Waals surface area contributed by atoms with E-state index in [1.807, 2.05) is 17.5 Å². The fourth-order valence-electron chi connectivity index (χ4n) is 1.94. The number of aromatic amines is 1. The molecule has 2 nitrogen and oxygen atoms in total. The standard InChI is InChI=1S/C13H7F3N2S2/c14-13(15,16)12-17-9(6-10(19)18-12)8-3-1-2-7-4-5-20-11(7)8/h1-6H,(H,17,18,19). The summed E-state index contributed by atoms with van der Waals surface area (Å²) in [6.07, 6.45) is -4.55. The lowest BCUT2D eigenvalue weighted by Crippen LogP contribution is -2.11. The molecule has 0 aliphatic carbocycles. The number of thiophene rings is 1. The Morgan fingerprint density at radius 2 is 2.00 bits per heavy atom. The third-order valence-corrected chi connectivity index (χ3v) is 3.95. The number of rotatable bonds is 1. The number of halogens is 3. The number of nitrogens with zero attached hydrogens (tertiary/aromatic N) is 1. The minimum absolute atomic E-state index is 0.0837.